The Bertz CT molecular complexity index is 903. The first kappa shape index (κ1) is 23.0. The van der Waals surface area contributed by atoms with Gasteiger partial charge in [0.1, 0.15) is 11.6 Å². The predicted octanol–water partition coefficient (Wildman–Crippen LogP) is 9.02. The minimum atomic E-state index is -0.465. The first-order chi connectivity index (χ1) is 15.6. The number of rotatable bonds is 8. The van der Waals surface area contributed by atoms with Gasteiger partial charge in [-0.25, -0.2) is 8.78 Å². The first-order valence-electron chi connectivity index (χ1n) is 12.4. The Kier molecular flexibility index (Phi) is 7.60. The van der Waals surface area contributed by atoms with Gasteiger partial charge in [-0.05, 0) is 110 Å². The average Bonchev–Trinajstić information content (AvgIpc) is 2.82. The summed E-state index contributed by atoms with van der Waals surface area (Å²) in [6, 6.07) is 11.4. The van der Waals surface area contributed by atoms with Crippen molar-refractivity contribution in [3.05, 3.63) is 84.5 Å². The van der Waals surface area contributed by atoms with Crippen LogP contribution >= 0.6 is 0 Å². The third-order valence-electron chi connectivity index (χ3n) is 7.96. The van der Waals surface area contributed by atoms with E-state index in [-0.39, 0.29) is 5.56 Å². The van der Waals surface area contributed by atoms with E-state index >= 15 is 0 Å². The van der Waals surface area contributed by atoms with Crippen molar-refractivity contribution < 1.29 is 8.78 Å². The summed E-state index contributed by atoms with van der Waals surface area (Å²) in [5.74, 6) is 2.35. The molecule has 0 amide bonds. The van der Waals surface area contributed by atoms with E-state index in [0.29, 0.717) is 24.3 Å². The Balaban J connectivity index is 1.40. The van der Waals surface area contributed by atoms with Gasteiger partial charge < -0.3 is 0 Å². The molecule has 0 spiro atoms. The smallest absolute Gasteiger partial charge is 0.129 e. The maximum Gasteiger partial charge on any atom is 0.129 e. The van der Waals surface area contributed by atoms with Gasteiger partial charge in [0.2, 0.25) is 0 Å². The molecule has 0 saturated heterocycles. The monoisotopic (exact) mass is 434 g/mol. The van der Waals surface area contributed by atoms with E-state index in [9.17, 15) is 8.78 Å². The lowest BCUT2D eigenvalue weighted by Gasteiger charge is -2.42. The predicted molar refractivity (Wildman–Crippen MR) is 131 cm³/mol. The molecule has 0 heterocycles. The molecule has 0 aliphatic heterocycles. The van der Waals surface area contributed by atoms with Gasteiger partial charge in [-0.15, -0.1) is 13.2 Å². The van der Waals surface area contributed by atoms with Crippen LogP contribution in [0, 0.1) is 29.4 Å². The fourth-order valence-electron chi connectivity index (χ4n) is 6.11. The zero-order chi connectivity index (χ0) is 22.5. The van der Waals surface area contributed by atoms with Crippen LogP contribution in [0.3, 0.4) is 0 Å². The molecule has 4 unspecified atom stereocenters. The molecule has 32 heavy (non-hydrogen) atoms. The van der Waals surface area contributed by atoms with Crippen LogP contribution in [0.2, 0.25) is 0 Å². The van der Waals surface area contributed by atoms with Crippen LogP contribution in [-0.2, 0) is 6.42 Å². The van der Waals surface area contributed by atoms with Crippen LogP contribution in [0.25, 0.3) is 11.1 Å². The summed E-state index contributed by atoms with van der Waals surface area (Å²) >= 11 is 0. The van der Waals surface area contributed by atoms with Gasteiger partial charge in [0.05, 0.1) is 0 Å². The van der Waals surface area contributed by atoms with Crippen LogP contribution in [0.15, 0.2) is 61.7 Å². The lowest BCUT2D eigenvalue weighted by atomic mass is 9.63. The second-order valence-corrected chi connectivity index (χ2v) is 9.94. The van der Waals surface area contributed by atoms with Crippen molar-refractivity contribution in [3.8, 4) is 11.1 Å². The maximum atomic E-state index is 14.5. The Morgan fingerprint density at radius 3 is 2.12 bits per heavy atom. The van der Waals surface area contributed by atoms with Crippen molar-refractivity contribution in [1.82, 2.24) is 0 Å². The van der Waals surface area contributed by atoms with Crippen molar-refractivity contribution >= 4 is 0 Å². The van der Waals surface area contributed by atoms with Gasteiger partial charge in [0, 0.05) is 5.56 Å². The van der Waals surface area contributed by atoms with E-state index < -0.39 is 11.6 Å². The molecule has 2 aromatic rings. The molecular formula is C30H36F2. The minimum Gasteiger partial charge on any atom is -0.207 e. The largest absolute Gasteiger partial charge is 0.207 e. The molecule has 0 N–H and O–H groups in total. The quantitative estimate of drug-likeness (QED) is 0.364. The molecule has 0 aromatic heterocycles. The third kappa shape index (κ3) is 5.22. The normalized spacial score (nSPS) is 25.2. The second-order valence-electron chi connectivity index (χ2n) is 9.94. The van der Waals surface area contributed by atoms with Crippen LogP contribution in [-0.4, -0.2) is 0 Å². The van der Waals surface area contributed by atoms with Crippen LogP contribution < -0.4 is 0 Å². The van der Waals surface area contributed by atoms with Crippen molar-refractivity contribution in [3.63, 3.8) is 0 Å². The Labute approximate surface area is 192 Å². The van der Waals surface area contributed by atoms with Crippen molar-refractivity contribution in [1.29, 1.82) is 0 Å². The highest BCUT2D eigenvalue weighted by Gasteiger charge is 2.35. The summed E-state index contributed by atoms with van der Waals surface area (Å²) in [6.45, 7) is 7.51. The summed E-state index contributed by atoms with van der Waals surface area (Å²) in [5, 5.41) is 0. The third-order valence-corrected chi connectivity index (χ3v) is 7.96. The summed E-state index contributed by atoms with van der Waals surface area (Å²) in [5.41, 5.74) is 3.01. The number of halogens is 2. The number of hydrogen-bond acceptors (Lipinski definition) is 0. The fourth-order valence-corrected chi connectivity index (χ4v) is 6.11. The van der Waals surface area contributed by atoms with Gasteiger partial charge in [0.25, 0.3) is 0 Å². The molecule has 4 atom stereocenters. The minimum absolute atomic E-state index is 0.154. The Morgan fingerprint density at radius 1 is 0.781 bits per heavy atom. The molecule has 0 nitrogen and oxygen atoms in total. The van der Waals surface area contributed by atoms with E-state index in [4.69, 9.17) is 0 Å². The molecule has 2 aliphatic rings. The lowest BCUT2D eigenvalue weighted by molar-refractivity contribution is 0.115. The van der Waals surface area contributed by atoms with E-state index in [1.54, 1.807) is 6.08 Å². The van der Waals surface area contributed by atoms with Crippen LogP contribution in [0.1, 0.15) is 74.8 Å². The van der Waals surface area contributed by atoms with Gasteiger partial charge in [-0.1, -0.05) is 42.8 Å². The van der Waals surface area contributed by atoms with Crippen molar-refractivity contribution in [2.45, 2.75) is 70.1 Å². The Morgan fingerprint density at radius 2 is 1.44 bits per heavy atom. The summed E-state index contributed by atoms with van der Waals surface area (Å²) in [6.07, 6.45) is 15.2. The number of benzene rings is 2. The molecule has 0 bridgehead atoms. The van der Waals surface area contributed by atoms with Gasteiger partial charge in [0.15, 0.2) is 0 Å². The highest BCUT2D eigenvalue weighted by atomic mass is 19.1. The summed E-state index contributed by atoms with van der Waals surface area (Å²) in [4.78, 5) is 0. The van der Waals surface area contributed by atoms with E-state index in [1.165, 1.54) is 62.6 Å². The molecule has 4 rings (SSSR count). The standard InChI is InChI=1S/C30H36F2/c1-3-5-7-21-9-10-26-18-25(16-15-24(26)17-21)22-11-13-23(14-12-22)27-19-29(31)28(8-6-4-2)30(32)20-27/h3-4,11-14,19-21,24-26H,1-2,5-10,15-18H2. The topological polar surface area (TPSA) is 0 Å². The second kappa shape index (κ2) is 10.6. The SMILES string of the molecule is C=CCCc1c(F)cc(-c2ccc(C3CCC4CC(CCC=C)CCC4C3)cc2)cc1F. The molecule has 2 saturated carbocycles. The van der Waals surface area contributed by atoms with Gasteiger partial charge in [-0.2, -0.15) is 0 Å². The fraction of sp³-hybridized carbons (Fsp3) is 0.467. The molecule has 0 radical (unpaired) electrons. The number of hydrogen-bond donors (Lipinski definition) is 0. The Hall–Kier alpha value is -2.22. The highest BCUT2D eigenvalue weighted by molar-refractivity contribution is 5.64. The van der Waals surface area contributed by atoms with E-state index in [2.05, 4.69) is 31.4 Å². The number of fused-ring (bicyclic) bond motifs is 1. The van der Waals surface area contributed by atoms with Crippen LogP contribution in [0.4, 0.5) is 8.78 Å². The zero-order valence-electron chi connectivity index (χ0n) is 19.2. The molecule has 2 heteroatoms. The summed E-state index contributed by atoms with van der Waals surface area (Å²) in [7, 11) is 0. The molecule has 2 aromatic carbocycles. The van der Waals surface area contributed by atoms with Gasteiger partial charge in [-0.3, -0.25) is 0 Å². The first-order valence-corrected chi connectivity index (χ1v) is 12.4. The molecule has 2 fully saturated rings. The number of allylic oxidation sites excluding steroid dienone is 2. The summed E-state index contributed by atoms with van der Waals surface area (Å²) < 4.78 is 28.9. The maximum absolute atomic E-state index is 14.5. The molecule has 170 valence electrons. The van der Waals surface area contributed by atoms with Crippen molar-refractivity contribution in [2.75, 3.05) is 0 Å². The highest BCUT2D eigenvalue weighted by Crippen LogP contribution is 2.48. The average molecular weight is 435 g/mol. The van der Waals surface area contributed by atoms with E-state index in [0.717, 1.165) is 29.7 Å². The molecular weight excluding hydrogens is 398 g/mol. The zero-order valence-corrected chi connectivity index (χ0v) is 19.2. The van der Waals surface area contributed by atoms with Crippen LogP contribution in [0.5, 0.6) is 0 Å². The van der Waals surface area contributed by atoms with Crippen molar-refractivity contribution in [2.24, 2.45) is 17.8 Å². The molecule has 2 aliphatic carbocycles. The van der Waals surface area contributed by atoms with Gasteiger partial charge >= 0.3 is 0 Å². The van der Waals surface area contributed by atoms with E-state index in [1.807, 2.05) is 12.1 Å². The lowest BCUT2D eigenvalue weighted by Crippen LogP contribution is -2.30.